The molecular weight excluding hydrogens is 152 g/mol. The van der Waals surface area contributed by atoms with Crippen molar-refractivity contribution < 1.29 is 19.8 Å². The van der Waals surface area contributed by atoms with Gasteiger partial charge in [0.25, 0.3) is 0 Å². The van der Waals surface area contributed by atoms with Gasteiger partial charge in [0.05, 0.1) is 0 Å². The standard InChI is InChI=1S/C5H8N2O4/c8-2-6-1-7(3-9)5(11)4(6)10/h2-5,10-11H,1H2. The number of aliphatic hydroxyl groups is 2. The SMILES string of the molecule is O=CN1CN(C=O)C(O)C1O. The van der Waals surface area contributed by atoms with Crippen molar-refractivity contribution in [2.75, 3.05) is 6.67 Å². The van der Waals surface area contributed by atoms with Crippen LogP contribution in [0.2, 0.25) is 0 Å². The van der Waals surface area contributed by atoms with E-state index in [9.17, 15) is 9.59 Å². The molecule has 1 rings (SSSR count). The van der Waals surface area contributed by atoms with Crippen LogP contribution in [0.25, 0.3) is 0 Å². The van der Waals surface area contributed by atoms with Crippen LogP contribution in [0.3, 0.4) is 0 Å². The Morgan fingerprint density at radius 3 is 1.64 bits per heavy atom. The maximum atomic E-state index is 10.1. The number of hydrogen-bond acceptors (Lipinski definition) is 4. The second-order valence-electron chi connectivity index (χ2n) is 2.21. The zero-order chi connectivity index (χ0) is 8.43. The van der Waals surface area contributed by atoms with Crippen LogP contribution in [0.1, 0.15) is 0 Å². The van der Waals surface area contributed by atoms with Gasteiger partial charge in [0.2, 0.25) is 12.8 Å². The normalized spacial score (nSPS) is 30.7. The van der Waals surface area contributed by atoms with Crippen molar-refractivity contribution in [3.8, 4) is 0 Å². The average Bonchev–Trinajstić information content (AvgIpc) is 2.30. The first-order valence-corrected chi connectivity index (χ1v) is 2.99. The van der Waals surface area contributed by atoms with E-state index in [1.54, 1.807) is 0 Å². The third-order valence-electron chi connectivity index (χ3n) is 1.54. The van der Waals surface area contributed by atoms with Crippen molar-refractivity contribution in [1.82, 2.24) is 9.80 Å². The number of carbonyl (C=O) groups is 2. The lowest BCUT2D eigenvalue weighted by atomic mass is 10.5. The van der Waals surface area contributed by atoms with Gasteiger partial charge in [-0.1, -0.05) is 0 Å². The summed E-state index contributed by atoms with van der Waals surface area (Å²) in [5.41, 5.74) is 0. The Morgan fingerprint density at radius 1 is 1.09 bits per heavy atom. The molecule has 1 aliphatic heterocycles. The first-order chi connectivity index (χ1) is 5.20. The summed E-state index contributed by atoms with van der Waals surface area (Å²) in [6.07, 6.45) is -1.87. The topological polar surface area (TPSA) is 81.1 Å². The highest BCUT2D eigenvalue weighted by atomic mass is 16.4. The first-order valence-electron chi connectivity index (χ1n) is 2.99. The van der Waals surface area contributed by atoms with Gasteiger partial charge in [-0.2, -0.15) is 0 Å². The van der Waals surface area contributed by atoms with Crippen LogP contribution in [-0.4, -0.2) is 52.0 Å². The Labute approximate surface area is 62.6 Å². The minimum atomic E-state index is -1.31. The van der Waals surface area contributed by atoms with E-state index in [0.717, 1.165) is 9.80 Å². The Kier molecular flexibility index (Phi) is 2.06. The van der Waals surface area contributed by atoms with Crippen LogP contribution in [0, 0.1) is 0 Å². The minimum absolute atomic E-state index is 0.0741. The Balaban J connectivity index is 2.67. The van der Waals surface area contributed by atoms with E-state index in [-0.39, 0.29) is 6.67 Å². The van der Waals surface area contributed by atoms with Gasteiger partial charge in [-0.25, -0.2) is 0 Å². The lowest BCUT2D eigenvalue weighted by molar-refractivity contribution is -0.132. The molecule has 1 saturated heterocycles. The fourth-order valence-corrected chi connectivity index (χ4v) is 0.890. The molecule has 0 bridgehead atoms. The van der Waals surface area contributed by atoms with Gasteiger partial charge in [-0.05, 0) is 0 Å². The summed E-state index contributed by atoms with van der Waals surface area (Å²) in [6.45, 7) is -0.0741. The summed E-state index contributed by atoms with van der Waals surface area (Å²) in [5, 5.41) is 18.0. The molecule has 0 aliphatic carbocycles. The quantitative estimate of drug-likeness (QED) is 0.438. The zero-order valence-corrected chi connectivity index (χ0v) is 5.62. The van der Waals surface area contributed by atoms with Crippen LogP contribution >= 0.6 is 0 Å². The molecule has 1 heterocycles. The van der Waals surface area contributed by atoms with Crippen LogP contribution < -0.4 is 0 Å². The van der Waals surface area contributed by atoms with Gasteiger partial charge in [0.1, 0.15) is 6.67 Å². The Hall–Kier alpha value is -1.14. The van der Waals surface area contributed by atoms with Gasteiger partial charge in [-0.3, -0.25) is 19.4 Å². The highest BCUT2D eigenvalue weighted by molar-refractivity contribution is 5.53. The molecule has 1 fully saturated rings. The second-order valence-corrected chi connectivity index (χ2v) is 2.21. The summed E-state index contributed by atoms with van der Waals surface area (Å²) < 4.78 is 0. The largest absolute Gasteiger partial charge is 0.369 e. The van der Waals surface area contributed by atoms with Gasteiger partial charge in [0, 0.05) is 0 Å². The van der Waals surface area contributed by atoms with Crippen molar-refractivity contribution in [2.45, 2.75) is 12.5 Å². The fraction of sp³-hybridized carbons (Fsp3) is 0.600. The van der Waals surface area contributed by atoms with E-state index in [4.69, 9.17) is 10.2 Å². The van der Waals surface area contributed by atoms with E-state index >= 15 is 0 Å². The number of rotatable bonds is 2. The molecule has 2 unspecified atom stereocenters. The minimum Gasteiger partial charge on any atom is -0.369 e. The molecule has 0 radical (unpaired) electrons. The van der Waals surface area contributed by atoms with Gasteiger partial charge < -0.3 is 10.2 Å². The summed E-state index contributed by atoms with van der Waals surface area (Å²) in [6, 6.07) is 0. The molecule has 2 atom stereocenters. The lowest BCUT2D eigenvalue weighted by Gasteiger charge is -2.13. The van der Waals surface area contributed by atoms with Crippen LogP contribution in [0.4, 0.5) is 0 Å². The molecule has 0 spiro atoms. The Bertz CT molecular complexity index is 156. The van der Waals surface area contributed by atoms with Crippen LogP contribution in [0.15, 0.2) is 0 Å². The van der Waals surface area contributed by atoms with Crippen molar-refractivity contribution in [3.63, 3.8) is 0 Å². The lowest BCUT2D eigenvalue weighted by Crippen LogP contribution is -2.36. The second kappa shape index (κ2) is 2.85. The van der Waals surface area contributed by atoms with Gasteiger partial charge in [-0.15, -0.1) is 0 Å². The molecule has 11 heavy (non-hydrogen) atoms. The molecule has 6 nitrogen and oxygen atoms in total. The number of carbonyl (C=O) groups excluding carboxylic acids is 2. The van der Waals surface area contributed by atoms with E-state index in [1.165, 1.54) is 0 Å². The van der Waals surface area contributed by atoms with Crippen LogP contribution in [0.5, 0.6) is 0 Å². The van der Waals surface area contributed by atoms with Gasteiger partial charge in [0.15, 0.2) is 12.5 Å². The molecule has 0 aromatic rings. The highest BCUT2D eigenvalue weighted by Crippen LogP contribution is 2.12. The van der Waals surface area contributed by atoms with Crippen molar-refractivity contribution in [3.05, 3.63) is 0 Å². The summed E-state index contributed by atoms with van der Waals surface area (Å²) in [7, 11) is 0. The molecule has 0 saturated carbocycles. The predicted molar refractivity (Wildman–Crippen MR) is 32.7 cm³/mol. The number of aliphatic hydroxyl groups excluding tert-OH is 2. The summed E-state index contributed by atoms with van der Waals surface area (Å²) in [5.74, 6) is 0. The highest BCUT2D eigenvalue weighted by Gasteiger charge is 2.35. The Morgan fingerprint density at radius 2 is 1.45 bits per heavy atom. The van der Waals surface area contributed by atoms with Crippen molar-refractivity contribution in [2.24, 2.45) is 0 Å². The molecule has 6 heteroatoms. The summed E-state index contributed by atoms with van der Waals surface area (Å²) in [4.78, 5) is 22.1. The zero-order valence-electron chi connectivity index (χ0n) is 5.62. The maximum absolute atomic E-state index is 10.1. The van der Waals surface area contributed by atoms with E-state index in [0.29, 0.717) is 12.8 Å². The third-order valence-corrected chi connectivity index (χ3v) is 1.54. The molecule has 62 valence electrons. The molecule has 1 aliphatic rings. The average molecular weight is 160 g/mol. The molecular formula is C5H8N2O4. The van der Waals surface area contributed by atoms with Crippen molar-refractivity contribution >= 4 is 12.8 Å². The maximum Gasteiger partial charge on any atom is 0.213 e. The smallest absolute Gasteiger partial charge is 0.213 e. The van der Waals surface area contributed by atoms with Crippen LogP contribution in [-0.2, 0) is 9.59 Å². The monoisotopic (exact) mass is 160 g/mol. The number of nitrogens with zero attached hydrogens (tertiary/aromatic N) is 2. The number of hydrogen-bond donors (Lipinski definition) is 2. The fourth-order valence-electron chi connectivity index (χ4n) is 0.890. The molecule has 0 aromatic heterocycles. The molecule has 2 N–H and O–H groups in total. The molecule has 0 aromatic carbocycles. The van der Waals surface area contributed by atoms with E-state index in [2.05, 4.69) is 0 Å². The first kappa shape index (κ1) is 7.96. The van der Waals surface area contributed by atoms with Gasteiger partial charge >= 0.3 is 0 Å². The molecule has 2 amide bonds. The summed E-state index contributed by atoms with van der Waals surface area (Å²) >= 11 is 0. The van der Waals surface area contributed by atoms with E-state index < -0.39 is 12.5 Å². The predicted octanol–water partition coefficient (Wildman–Crippen LogP) is -2.49. The third kappa shape index (κ3) is 1.17. The van der Waals surface area contributed by atoms with E-state index in [1.807, 2.05) is 0 Å². The number of amides is 2. The van der Waals surface area contributed by atoms with Crippen molar-refractivity contribution in [1.29, 1.82) is 0 Å².